The molecule has 2 aromatic rings. The first kappa shape index (κ1) is 17.0. The Kier molecular flexibility index (Phi) is 5.23. The molecule has 1 aliphatic heterocycles. The number of nitrogens with two attached hydrogens (primary N) is 1. The van der Waals surface area contributed by atoms with Crippen molar-refractivity contribution >= 4 is 0 Å². The van der Waals surface area contributed by atoms with Crippen LogP contribution in [0.25, 0.3) is 0 Å². The van der Waals surface area contributed by atoms with Gasteiger partial charge in [-0.05, 0) is 30.5 Å². The number of rotatable bonds is 5. The molecular formula is C19H22F2N2O. The fourth-order valence-electron chi connectivity index (χ4n) is 3.37. The Bertz CT molecular complexity index is 680. The first-order valence-electron chi connectivity index (χ1n) is 8.19. The van der Waals surface area contributed by atoms with Crippen molar-refractivity contribution in [3.05, 3.63) is 71.3 Å². The average Bonchev–Trinajstić information content (AvgIpc) is 3.03. The van der Waals surface area contributed by atoms with Crippen molar-refractivity contribution < 1.29 is 13.9 Å². The second-order valence-electron chi connectivity index (χ2n) is 6.46. The highest BCUT2D eigenvalue weighted by Crippen LogP contribution is 2.29. The summed E-state index contributed by atoms with van der Waals surface area (Å²) in [6, 6.07) is 12.8. The van der Waals surface area contributed by atoms with E-state index >= 15 is 0 Å². The minimum Gasteiger partial charge on any atom is -0.387 e. The van der Waals surface area contributed by atoms with E-state index in [4.69, 9.17) is 5.73 Å². The second kappa shape index (κ2) is 7.38. The summed E-state index contributed by atoms with van der Waals surface area (Å²) in [7, 11) is 0. The van der Waals surface area contributed by atoms with Crippen molar-refractivity contribution in [2.45, 2.75) is 25.1 Å². The van der Waals surface area contributed by atoms with E-state index in [-0.39, 0.29) is 11.5 Å². The summed E-state index contributed by atoms with van der Waals surface area (Å²) >= 11 is 0. The fourth-order valence-corrected chi connectivity index (χ4v) is 3.37. The molecule has 0 aliphatic carbocycles. The van der Waals surface area contributed by atoms with E-state index < -0.39 is 23.8 Å². The van der Waals surface area contributed by atoms with Crippen molar-refractivity contribution in [1.82, 2.24) is 4.90 Å². The fraction of sp³-hybridized carbons (Fsp3) is 0.368. The van der Waals surface area contributed by atoms with Crippen LogP contribution in [0.4, 0.5) is 8.78 Å². The molecule has 3 unspecified atom stereocenters. The third-order valence-corrected chi connectivity index (χ3v) is 4.75. The smallest absolute Gasteiger partial charge is 0.131 e. The molecule has 3 N–H and O–H groups in total. The highest BCUT2D eigenvalue weighted by Gasteiger charge is 2.33. The monoisotopic (exact) mass is 332 g/mol. The summed E-state index contributed by atoms with van der Waals surface area (Å²) in [4.78, 5) is 2.29. The molecule has 0 radical (unpaired) electrons. The Hall–Kier alpha value is -1.82. The minimum absolute atomic E-state index is 0.0606. The Morgan fingerprint density at radius 1 is 1.17 bits per heavy atom. The van der Waals surface area contributed by atoms with E-state index in [0.717, 1.165) is 38.2 Å². The molecule has 3 atom stereocenters. The Balaban J connectivity index is 1.62. The predicted molar refractivity (Wildman–Crippen MR) is 89.1 cm³/mol. The zero-order valence-electron chi connectivity index (χ0n) is 13.4. The van der Waals surface area contributed by atoms with Gasteiger partial charge in [-0.2, -0.15) is 0 Å². The number of benzene rings is 2. The Morgan fingerprint density at radius 3 is 2.62 bits per heavy atom. The lowest BCUT2D eigenvalue weighted by Gasteiger charge is -2.25. The molecule has 0 spiro atoms. The van der Waals surface area contributed by atoms with Gasteiger partial charge in [0.25, 0.3) is 0 Å². The Morgan fingerprint density at radius 2 is 1.92 bits per heavy atom. The highest BCUT2D eigenvalue weighted by molar-refractivity contribution is 5.22. The standard InChI is InChI=1S/C19H22F2N2O/c20-15-6-7-16(17(21)10-15)19(24)18(22)14-8-9-23(12-14)11-13-4-2-1-3-5-13/h1-7,10,14,18-19,24H,8-9,11-12,22H2. The van der Waals surface area contributed by atoms with E-state index in [0.29, 0.717) is 0 Å². The number of nitrogens with zero attached hydrogens (tertiary/aromatic N) is 1. The van der Waals surface area contributed by atoms with Crippen molar-refractivity contribution in [2.75, 3.05) is 13.1 Å². The van der Waals surface area contributed by atoms with Gasteiger partial charge in [-0.25, -0.2) is 8.78 Å². The van der Waals surface area contributed by atoms with Crippen LogP contribution >= 0.6 is 0 Å². The van der Waals surface area contributed by atoms with Gasteiger partial charge in [0.05, 0.1) is 6.10 Å². The van der Waals surface area contributed by atoms with Crippen LogP contribution in [0.5, 0.6) is 0 Å². The van der Waals surface area contributed by atoms with Gasteiger partial charge < -0.3 is 10.8 Å². The number of hydrogen-bond acceptors (Lipinski definition) is 3. The maximum Gasteiger partial charge on any atom is 0.131 e. The van der Waals surface area contributed by atoms with Crippen LogP contribution in [0, 0.1) is 17.6 Å². The molecule has 1 aliphatic rings. The number of hydrogen-bond donors (Lipinski definition) is 2. The van der Waals surface area contributed by atoms with Crippen LogP contribution < -0.4 is 5.73 Å². The van der Waals surface area contributed by atoms with E-state index in [1.807, 2.05) is 18.2 Å². The van der Waals surface area contributed by atoms with Crippen LogP contribution in [-0.2, 0) is 6.54 Å². The van der Waals surface area contributed by atoms with E-state index in [9.17, 15) is 13.9 Å². The van der Waals surface area contributed by atoms with Gasteiger partial charge in [0, 0.05) is 30.8 Å². The van der Waals surface area contributed by atoms with Crippen molar-refractivity contribution in [1.29, 1.82) is 0 Å². The summed E-state index contributed by atoms with van der Waals surface area (Å²) in [5.74, 6) is -1.34. The third-order valence-electron chi connectivity index (χ3n) is 4.75. The minimum atomic E-state index is -1.13. The van der Waals surface area contributed by atoms with Gasteiger partial charge in [0.2, 0.25) is 0 Å². The first-order chi connectivity index (χ1) is 11.5. The molecule has 0 saturated carbocycles. The number of likely N-dealkylation sites (tertiary alicyclic amines) is 1. The maximum absolute atomic E-state index is 13.8. The SMILES string of the molecule is NC(C1CCN(Cc2ccccc2)C1)C(O)c1ccc(F)cc1F. The van der Waals surface area contributed by atoms with Gasteiger partial charge in [0.1, 0.15) is 11.6 Å². The van der Waals surface area contributed by atoms with Crippen LogP contribution in [0.2, 0.25) is 0 Å². The van der Waals surface area contributed by atoms with Crippen molar-refractivity contribution in [3.8, 4) is 0 Å². The molecule has 3 nitrogen and oxygen atoms in total. The summed E-state index contributed by atoms with van der Waals surface area (Å²) in [5, 5.41) is 10.4. The second-order valence-corrected chi connectivity index (χ2v) is 6.46. The van der Waals surface area contributed by atoms with E-state index in [2.05, 4.69) is 17.0 Å². The van der Waals surface area contributed by atoms with Gasteiger partial charge in [-0.3, -0.25) is 4.90 Å². The molecule has 1 saturated heterocycles. The van der Waals surface area contributed by atoms with E-state index in [1.165, 1.54) is 11.6 Å². The largest absolute Gasteiger partial charge is 0.387 e. The lowest BCUT2D eigenvalue weighted by Crippen LogP contribution is -2.38. The van der Waals surface area contributed by atoms with Gasteiger partial charge in [-0.1, -0.05) is 36.4 Å². The number of aliphatic hydroxyl groups excluding tert-OH is 1. The van der Waals surface area contributed by atoms with Crippen molar-refractivity contribution in [3.63, 3.8) is 0 Å². The summed E-state index contributed by atoms with van der Waals surface area (Å²) in [5.41, 5.74) is 7.47. The van der Waals surface area contributed by atoms with E-state index in [1.54, 1.807) is 0 Å². The van der Waals surface area contributed by atoms with Gasteiger partial charge >= 0.3 is 0 Å². The third kappa shape index (κ3) is 3.80. The van der Waals surface area contributed by atoms with Crippen molar-refractivity contribution in [2.24, 2.45) is 11.7 Å². The highest BCUT2D eigenvalue weighted by atomic mass is 19.1. The van der Waals surface area contributed by atoms with Crippen LogP contribution in [0.3, 0.4) is 0 Å². The molecule has 1 fully saturated rings. The molecule has 0 bridgehead atoms. The van der Waals surface area contributed by atoms with Crippen LogP contribution in [0.1, 0.15) is 23.7 Å². The predicted octanol–water partition coefficient (Wildman–Crippen LogP) is 2.85. The molecule has 0 aromatic heterocycles. The molecule has 1 heterocycles. The summed E-state index contributed by atoms with van der Waals surface area (Å²) in [6.07, 6.45) is -0.277. The van der Waals surface area contributed by atoms with Crippen LogP contribution in [-0.4, -0.2) is 29.1 Å². The Labute approximate surface area is 140 Å². The van der Waals surface area contributed by atoms with Gasteiger partial charge in [0.15, 0.2) is 0 Å². The quantitative estimate of drug-likeness (QED) is 0.885. The van der Waals surface area contributed by atoms with Gasteiger partial charge in [-0.15, -0.1) is 0 Å². The lowest BCUT2D eigenvalue weighted by atomic mass is 9.91. The molecule has 0 amide bonds. The zero-order chi connectivity index (χ0) is 17.1. The molecule has 128 valence electrons. The average molecular weight is 332 g/mol. The first-order valence-corrected chi connectivity index (χ1v) is 8.19. The normalized spacial score (nSPS) is 20.9. The summed E-state index contributed by atoms with van der Waals surface area (Å²) < 4.78 is 26.9. The molecule has 5 heteroatoms. The molecule has 24 heavy (non-hydrogen) atoms. The summed E-state index contributed by atoms with van der Waals surface area (Å²) in [6.45, 7) is 2.49. The molecular weight excluding hydrogens is 310 g/mol. The molecule has 3 rings (SSSR count). The zero-order valence-corrected chi connectivity index (χ0v) is 13.4. The number of halogens is 2. The number of aliphatic hydroxyl groups is 1. The molecule has 2 aromatic carbocycles. The van der Waals surface area contributed by atoms with Crippen LogP contribution in [0.15, 0.2) is 48.5 Å². The maximum atomic E-state index is 13.8. The topological polar surface area (TPSA) is 49.5 Å². The lowest BCUT2D eigenvalue weighted by molar-refractivity contribution is 0.114.